The van der Waals surface area contributed by atoms with Crippen molar-refractivity contribution in [2.24, 2.45) is 5.92 Å². The van der Waals surface area contributed by atoms with Gasteiger partial charge < -0.3 is 9.29 Å². The topological polar surface area (TPSA) is 98.5 Å². The van der Waals surface area contributed by atoms with Gasteiger partial charge in [0, 0.05) is 30.1 Å². The van der Waals surface area contributed by atoms with E-state index in [4.69, 9.17) is 4.18 Å². The van der Waals surface area contributed by atoms with Gasteiger partial charge in [-0.3, -0.25) is 9.36 Å². The van der Waals surface area contributed by atoms with Crippen LogP contribution in [0.25, 0.3) is 5.69 Å². The minimum Gasteiger partial charge on any atom is -0.508 e. The summed E-state index contributed by atoms with van der Waals surface area (Å²) in [7, 11) is -4.02. The summed E-state index contributed by atoms with van der Waals surface area (Å²) in [5.41, 5.74) is 2.40. The van der Waals surface area contributed by atoms with Crippen molar-refractivity contribution in [3.63, 3.8) is 0 Å². The molecule has 36 heavy (non-hydrogen) atoms. The lowest BCUT2D eigenvalue weighted by molar-refractivity contribution is 0.0897. The molecule has 1 aromatic heterocycles. The van der Waals surface area contributed by atoms with E-state index in [1.807, 2.05) is 44.2 Å². The Labute approximate surface area is 211 Å². The maximum atomic E-state index is 13.3. The molecule has 0 radical (unpaired) electrons. The number of carbonyl (C=O) groups excluding carboxylic acids is 1. The van der Waals surface area contributed by atoms with Gasteiger partial charge in [0.2, 0.25) is 5.78 Å². The number of hydrogen-bond acceptors (Lipinski definition) is 6. The van der Waals surface area contributed by atoms with Crippen LogP contribution in [0.1, 0.15) is 41.5 Å². The van der Waals surface area contributed by atoms with E-state index < -0.39 is 10.1 Å². The first-order valence-electron chi connectivity index (χ1n) is 11.7. The van der Waals surface area contributed by atoms with E-state index in [9.17, 15) is 18.3 Å². The molecule has 1 N–H and O–H groups in total. The maximum absolute atomic E-state index is 13.3. The van der Waals surface area contributed by atoms with Crippen molar-refractivity contribution in [3.8, 4) is 17.2 Å². The van der Waals surface area contributed by atoms with E-state index in [0.717, 1.165) is 11.3 Å². The standard InChI is InChI=1S/C28H28N2O5S/c1-3-21(27(32)28-29-17-18-30(28)23-7-5-4-6-8-23)11-12-22-13-14-24(19-26(22)31)35-36(33,34)25-15-9-20(2)10-16-25/h4-10,13-19,21,31H,3,11-12H2,1-2H3. The molecule has 0 aliphatic rings. The molecule has 4 aromatic rings. The van der Waals surface area contributed by atoms with Crippen molar-refractivity contribution in [1.29, 1.82) is 0 Å². The van der Waals surface area contributed by atoms with Gasteiger partial charge in [-0.05, 0) is 62.1 Å². The fourth-order valence-electron chi connectivity index (χ4n) is 4.00. The first-order chi connectivity index (χ1) is 17.3. The van der Waals surface area contributed by atoms with Crippen molar-refractivity contribution >= 4 is 15.9 Å². The van der Waals surface area contributed by atoms with Crippen LogP contribution in [0.4, 0.5) is 0 Å². The van der Waals surface area contributed by atoms with Gasteiger partial charge in [-0.15, -0.1) is 0 Å². The van der Waals surface area contributed by atoms with E-state index in [2.05, 4.69) is 4.98 Å². The summed E-state index contributed by atoms with van der Waals surface area (Å²) in [5, 5.41) is 10.5. The highest BCUT2D eigenvalue weighted by molar-refractivity contribution is 7.87. The first kappa shape index (κ1) is 25.2. The number of benzene rings is 3. The highest BCUT2D eigenvalue weighted by atomic mass is 32.2. The number of nitrogens with zero attached hydrogens (tertiary/aromatic N) is 2. The van der Waals surface area contributed by atoms with Crippen molar-refractivity contribution in [2.45, 2.75) is 38.0 Å². The van der Waals surface area contributed by atoms with Gasteiger partial charge in [0.05, 0.1) is 0 Å². The Morgan fingerprint density at radius 2 is 1.78 bits per heavy atom. The predicted molar refractivity (Wildman–Crippen MR) is 137 cm³/mol. The van der Waals surface area contributed by atoms with E-state index in [0.29, 0.717) is 30.7 Å². The van der Waals surface area contributed by atoms with Crippen molar-refractivity contribution < 1.29 is 22.5 Å². The number of aryl methyl sites for hydroxylation is 2. The van der Waals surface area contributed by atoms with Gasteiger partial charge in [0.1, 0.15) is 16.4 Å². The van der Waals surface area contributed by atoms with Crippen LogP contribution in [-0.4, -0.2) is 28.9 Å². The molecule has 0 bridgehead atoms. The van der Waals surface area contributed by atoms with Gasteiger partial charge in [0.25, 0.3) is 0 Å². The van der Waals surface area contributed by atoms with Crippen LogP contribution in [-0.2, 0) is 16.5 Å². The molecular formula is C28H28N2O5S. The molecule has 0 saturated heterocycles. The second-order valence-corrected chi connectivity index (χ2v) is 10.2. The molecule has 0 amide bonds. The quantitative estimate of drug-likeness (QED) is 0.226. The molecule has 7 nitrogen and oxygen atoms in total. The number of phenolic OH excluding ortho intramolecular Hbond substituents is 1. The van der Waals surface area contributed by atoms with Crippen LogP contribution >= 0.6 is 0 Å². The summed E-state index contributed by atoms with van der Waals surface area (Å²) < 4.78 is 32.0. The molecular weight excluding hydrogens is 476 g/mol. The largest absolute Gasteiger partial charge is 0.508 e. The maximum Gasteiger partial charge on any atom is 0.339 e. The third kappa shape index (κ3) is 5.66. The molecule has 1 atom stereocenters. The molecule has 0 aliphatic heterocycles. The molecule has 1 unspecified atom stereocenters. The van der Waals surface area contributed by atoms with Gasteiger partial charge in [-0.2, -0.15) is 8.42 Å². The third-order valence-corrected chi connectivity index (χ3v) is 7.35. The van der Waals surface area contributed by atoms with E-state index in [1.54, 1.807) is 35.2 Å². The van der Waals surface area contributed by atoms with Crippen LogP contribution in [0.15, 0.2) is 90.1 Å². The number of carbonyl (C=O) groups is 1. The summed E-state index contributed by atoms with van der Waals surface area (Å²) in [5.74, 6) is -0.0334. The van der Waals surface area contributed by atoms with Crippen LogP contribution in [0.3, 0.4) is 0 Å². The van der Waals surface area contributed by atoms with Crippen molar-refractivity contribution in [2.75, 3.05) is 0 Å². The van der Waals surface area contributed by atoms with Gasteiger partial charge in [0.15, 0.2) is 5.82 Å². The van der Waals surface area contributed by atoms with E-state index in [-0.39, 0.29) is 28.1 Å². The lowest BCUT2D eigenvalue weighted by Gasteiger charge is -2.15. The molecule has 4 rings (SSSR count). The highest BCUT2D eigenvalue weighted by Crippen LogP contribution is 2.29. The van der Waals surface area contributed by atoms with Crippen LogP contribution in [0, 0.1) is 12.8 Å². The number of rotatable bonds is 10. The normalized spacial score (nSPS) is 12.3. The van der Waals surface area contributed by atoms with Crippen LogP contribution < -0.4 is 4.18 Å². The monoisotopic (exact) mass is 504 g/mol. The fourth-order valence-corrected chi connectivity index (χ4v) is 4.92. The molecule has 0 fully saturated rings. The number of para-hydroxylation sites is 1. The Bertz CT molecular complexity index is 1450. The zero-order valence-electron chi connectivity index (χ0n) is 20.2. The fraction of sp³-hybridized carbons (Fsp3) is 0.214. The molecule has 1 heterocycles. The van der Waals surface area contributed by atoms with Gasteiger partial charge >= 0.3 is 10.1 Å². The molecule has 0 saturated carbocycles. The number of phenols is 1. The average molecular weight is 505 g/mol. The zero-order chi connectivity index (χ0) is 25.7. The molecule has 8 heteroatoms. The Morgan fingerprint density at radius 1 is 1.06 bits per heavy atom. The minimum atomic E-state index is -4.02. The smallest absolute Gasteiger partial charge is 0.339 e. The number of hydrogen-bond donors (Lipinski definition) is 1. The second kappa shape index (κ2) is 10.8. The molecule has 0 aliphatic carbocycles. The van der Waals surface area contributed by atoms with Crippen LogP contribution in [0.5, 0.6) is 11.5 Å². The second-order valence-electron chi connectivity index (χ2n) is 8.61. The lowest BCUT2D eigenvalue weighted by atomic mass is 9.92. The minimum absolute atomic E-state index is 0.0184. The summed E-state index contributed by atoms with van der Waals surface area (Å²) >= 11 is 0. The zero-order valence-corrected chi connectivity index (χ0v) is 21.0. The Morgan fingerprint density at radius 3 is 2.44 bits per heavy atom. The third-order valence-electron chi connectivity index (χ3n) is 6.09. The number of aromatic hydroxyl groups is 1. The highest BCUT2D eigenvalue weighted by Gasteiger charge is 2.24. The summed E-state index contributed by atoms with van der Waals surface area (Å²) in [4.78, 5) is 17.6. The molecule has 3 aromatic carbocycles. The van der Waals surface area contributed by atoms with Crippen molar-refractivity contribution in [1.82, 2.24) is 9.55 Å². The lowest BCUT2D eigenvalue weighted by Crippen LogP contribution is -2.19. The number of ketones is 1. The Balaban J connectivity index is 1.44. The average Bonchev–Trinajstić information content (AvgIpc) is 3.36. The van der Waals surface area contributed by atoms with E-state index in [1.165, 1.54) is 24.3 Å². The summed E-state index contributed by atoms with van der Waals surface area (Å²) in [6, 6.07) is 20.3. The molecule has 186 valence electrons. The Hall–Kier alpha value is -3.91. The summed E-state index contributed by atoms with van der Waals surface area (Å²) in [6.45, 7) is 3.81. The summed E-state index contributed by atoms with van der Waals surface area (Å²) in [6.07, 6.45) is 4.95. The number of aromatic nitrogens is 2. The predicted octanol–water partition coefficient (Wildman–Crippen LogP) is 5.50. The van der Waals surface area contributed by atoms with E-state index >= 15 is 0 Å². The van der Waals surface area contributed by atoms with Crippen molar-refractivity contribution in [3.05, 3.63) is 102 Å². The Kier molecular flexibility index (Phi) is 7.55. The first-order valence-corrected chi connectivity index (χ1v) is 13.2. The molecule has 0 spiro atoms. The van der Waals surface area contributed by atoms with Crippen LogP contribution in [0.2, 0.25) is 0 Å². The number of Topliss-reactive ketones (excluding diaryl/α,β-unsaturated/α-hetero) is 1. The number of imidazole rings is 1. The van der Waals surface area contributed by atoms with Gasteiger partial charge in [-0.1, -0.05) is 48.9 Å². The SMILES string of the molecule is CCC(CCc1ccc(OS(=O)(=O)c2ccc(C)cc2)cc1O)C(=O)c1nccn1-c1ccccc1. The van der Waals surface area contributed by atoms with Gasteiger partial charge in [-0.25, -0.2) is 4.98 Å².